The number of hydrogen-bond acceptors (Lipinski definition) is 3. The lowest BCUT2D eigenvalue weighted by Crippen LogP contribution is -2.24. The van der Waals surface area contributed by atoms with E-state index >= 15 is 0 Å². The highest BCUT2D eigenvalue weighted by Crippen LogP contribution is 2.25. The van der Waals surface area contributed by atoms with Crippen molar-refractivity contribution in [1.82, 2.24) is 5.32 Å². The monoisotopic (exact) mass is 324 g/mol. The number of benzene rings is 2. The standard InChI is InChI=1S/C20H24N2O2/c1-15(21-14-17-7-3-4-10-19(17)24-2)16-8-5-9-18(13-16)22-12-6-11-20(22)23/h3-5,7-10,13,15,21H,6,11-12,14H2,1-2H3. The molecule has 1 heterocycles. The van der Waals surface area contributed by atoms with Crippen molar-refractivity contribution in [1.29, 1.82) is 0 Å². The number of anilines is 1. The summed E-state index contributed by atoms with van der Waals surface area (Å²) in [6, 6.07) is 16.5. The first-order valence-corrected chi connectivity index (χ1v) is 8.44. The fourth-order valence-corrected chi connectivity index (χ4v) is 3.11. The smallest absolute Gasteiger partial charge is 0.227 e. The van der Waals surface area contributed by atoms with Crippen molar-refractivity contribution in [2.75, 3.05) is 18.6 Å². The molecule has 4 nitrogen and oxygen atoms in total. The summed E-state index contributed by atoms with van der Waals surface area (Å²) in [5.74, 6) is 1.12. The molecule has 1 N–H and O–H groups in total. The Hall–Kier alpha value is -2.33. The van der Waals surface area contributed by atoms with E-state index in [-0.39, 0.29) is 11.9 Å². The zero-order valence-electron chi connectivity index (χ0n) is 14.3. The summed E-state index contributed by atoms with van der Waals surface area (Å²) in [5, 5.41) is 3.54. The second kappa shape index (κ2) is 7.49. The first-order chi connectivity index (χ1) is 11.7. The van der Waals surface area contributed by atoms with Crippen LogP contribution in [0.15, 0.2) is 48.5 Å². The first kappa shape index (κ1) is 16.5. The second-order valence-electron chi connectivity index (χ2n) is 6.16. The third-order valence-corrected chi connectivity index (χ3v) is 4.55. The van der Waals surface area contributed by atoms with Crippen molar-refractivity contribution < 1.29 is 9.53 Å². The molecule has 1 atom stereocenters. The first-order valence-electron chi connectivity index (χ1n) is 8.44. The lowest BCUT2D eigenvalue weighted by Gasteiger charge is -2.20. The Morgan fingerprint density at radius 1 is 1.21 bits per heavy atom. The SMILES string of the molecule is COc1ccccc1CNC(C)c1cccc(N2CCCC2=O)c1. The van der Waals surface area contributed by atoms with Gasteiger partial charge in [0.1, 0.15) is 5.75 Å². The van der Waals surface area contributed by atoms with Gasteiger partial charge in [-0.2, -0.15) is 0 Å². The highest BCUT2D eigenvalue weighted by atomic mass is 16.5. The summed E-state index contributed by atoms with van der Waals surface area (Å²) in [6.45, 7) is 3.70. The summed E-state index contributed by atoms with van der Waals surface area (Å²) in [6.07, 6.45) is 1.61. The predicted octanol–water partition coefficient (Wildman–Crippen LogP) is 3.67. The highest BCUT2D eigenvalue weighted by molar-refractivity contribution is 5.95. The number of rotatable bonds is 6. The van der Waals surface area contributed by atoms with Crippen molar-refractivity contribution >= 4 is 11.6 Å². The molecule has 1 aliphatic rings. The molecule has 0 aromatic heterocycles. The van der Waals surface area contributed by atoms with Crippen LogP contribution in [0.25, 0.3) is 0 Å². The average Bonchev–Trinajstić information content (AvgIpc) is 3.06. The Balaban J connectivity index is 1.69. The molecule has 0 spiro atoms. The van der Waals surface area contributed by atoms with Crippen LogP contribution < -0.4 is 15.0 Å². The number of carbonyl (C=O) groups is 1. The maximum absolute atomic E-state index is 11.9. The van der Waals surface area contributed by atoms with Crippen LogP contribution in [0.5, 0.6) is 5.75 Å². The van der Waals surface area contributed by atoms with Gasteiger partial charge in [-0.1, -0.05) is 30.3 Å². The van der Waals surface area contributed by atoms with Crippen molar-refractivity contribution in [3.05, 3.63) is 59.7 Å². The molecule has 1 unspecified atom stereocenters. The second-order valence-corrected chi connectivity index (χ2v) is 6.16. The quantitative estimate of drug-likeness (QED) is 0.881. The minimum absolute atomic E-state index is 0.188. The molecule has 1 fully saturated rings. The van der Waals surface area contributed by atoms with E-state index in [0.717, 1.165) is 36.5 Å². The van der Waals surface area contributed by atoms with Gasteiger partial charge in [0.05, 0.1) is 7.11 Å². The van der Waals surface area contributed by atoms with Crippen molar-refractivity contribution in [3.63, 3.8) is 0 Å². The highest BCUT2D eigenvalue weighted by Gasteiger charge is 2.22. The molecule has 0 radical (unpaired) electrons. The molecule has 0 saturated carbocycles. The van der Waals surface area contributed by atoms with E-state index in [4.69, 9.17) is 4.74 Å². The van der Waals surface area contributed by atoms with Gasteiger partial charge in [0.25, 0.3) is 0 Å². The van der Waals surface area contributed by atoms with Crippen molar-refractivity contribution in [3.8, 4) is 5.75 Å². The third kappa shape index (κ3) is 3.60. The minimum Gasteiger partial charge on any atom is -0.496 e. The van der Waals surface area contributed by atoms with Gasteiger partial charge >= 0.3 is 0 Å². The Morgan fingerprint density at radius 2 is 2.04 bits per heavy atom. The number of carbonyl (C=O) groups excluding carboxylic acids is 1. The van der Waals surface area contributed by atoms with Gasteiger partial charge in [-0.15, -0.1) is 0 Å². The van der Waals surface area contributed by atoms with Crippen molar-refractivity contribution in [2.24, 2.45) is 0 Å². The zero-order chi connectivity index (χ0) is 16.9. The Labute approximate surface area is 143 Å². The van der Waals surface area contributed by atoms with E-state index in [1.807, 2.05) is 35.2 Å². The summed E-state index contributed by atoms with van der Waals surface area (Å²) < 4.78 is 5.40. The van der Waals surface area contributed by atoms with Crippen LogP contribution in [-0.4, -0.2) is 19.6 Å². The Bertz CT molecular complexity index is 714. The van der Waals surface area contributed by atoms with Crippen LogP contribution in [0.2, 0.25) is 0 Å². The fraction of sp³-hybridized carbons (Fsp3) is 0.350. The Morgan fingerprint density at radius 3 is 2.79 bits per heavy atom. The molecular formula is C20H24N2O2. The number of methoxy groups -OCH3 is 1. The van der Waals surface area contributed by atoms with Gasteiger partial charge in [0.15, 0.2) is 0 Å². The third-order valence-electron chi connectivity index (χ3n) is 4.55. The summed E-state index contributed by atoms with van der Waals surface area (Å²) in [7, 11) is 1.69. The number of hydrogen-bond donors (Lipinski definition) is 1. The average molecular weight is 324 g/mol. The van der Waals surface area contributed by atoms with E-state index in [9.17, 15) is 4.79 Å². The van der Waals surface area contributed by atoms with Gasteiger partial charge in [-0.3, -0.25) is 4.79 Å². The normalized spacial score (nSPS) is 15.6. The topological polar surface area (TPSA) is 41.6 Å². The molecule has 0 bridgehead atoms. The Kier molecular flexibility index (Phi) is 5.16. The molecule has 0 aliphatic carbocycles. The van der Waals surface area contributed by atoms with Crippen LogP contribution in [0.1, 0.15) is 36.9 Å². The molecule has 4 heteroatoms. The van der Waals surface area contributed by atoms with Gasteiger partial charge in [0, 0.05) is 36.8 Å². The van der Waals surface area contributed by atoms with Crippen molar-refractivity contribution in [2.45, 2.75) is 32.4 Å². The molecule has 1 amide bonds. The molecular weight excluding hydrogens is 300 g/mol. The lowest BCUT2D eigenvalue weighted by molar-refractivity contribution is -0.117. The van der Waals surface area contributed by atoms with Crippen LogP contribution in [0, 0.1) is 0 Å². The molecule has 1 saturated heterocycles. The number of ether oxygens (including phenoxy) is 1. The van der Waals surface area contributed by atoms with Crippen LogP contribution in [0.3, 0.4) is 0 Å². The fourth-order valence-electron chi connectivity index (χ4n) is 3.11. The van der Waals surface area contributed by atoms with E-state index in [0.29, 0.717) is 6.42 Å². The summed E-state index contributed by atoms with van der Waals surface area (Å²) in [5.41, 5.74) is 3.32. The van der Waals surface area contributed by atoms with Gasteiger partial charge < -0.3 is 15.0 Å². The maximum atomic E-state index is 11.9. The van der Waals surface area contributed by atoms with E-state index < -0.39 is 0 Å². The molecule has 2 aromatic rings. The van der Waals surface area contributed by atoms with Crippen LogP contribution >= 0.6 is 0 Å². The zero-order valence-corrected chi connectivity index (χ0v) is 14.3. The summed E-state index contributed by atoms with van der Waals surface area (Å²) in [4.78, 5) is 13.8. The largest absolute Gasteiger partial charge is 0.496 e. The number of nitrogens with one attached hydrogen (secondary N) is 1. The van der Waals surface area contributed by atoms with Gasteiger partial charge in [0.2, 0.25) is 5.91 Å². The molecule has 2 aromatic carbocycles. The predicted molar refractivity (Wildman–Crippen MR) is 96.3 cm³/mol. The van der Waals surface area contributed by atoms with Crippen LogP contribution in [0.4, 0.5) is 5.69 Å². The van der Waals surface area contributed by atoms with E-state index in [1.54, 1.807) is 7.11 Å². The lowest BCUT2D eigenvalue weighted by atomic mass is 10.1. The van der Waals surface area contributed by atoms with Crippen LogP contribution in [-0.2, 0) is 11.3 Å². The molecule has 3 rings (SSSR count). The minimum atomic E-state index is 0.188. The maximum Gasteiger partial charge on any atom is 0.227 e. The van der Waals surface area contributed by atoms with E-state index in [2.05, 4.69) is 30.4 Å². The number of amides is 1. The molecule has 24 heavy (non-hydrogen) atoms. The van der Waals surface area contributed by atoms with E-state index in [1.165, 1.54) is 5.56 Å². The molecule has 126 valence electrons. The van der Waals surface area contributed by atoms with Gasteiger partial charge in [-0.05, 0) is 37.1 Å². The number of para-hydroxylation sites is 1. The van der Waals surface area contributed by atoms with Gasteiger partial charge in [-0.25, -0.2) is 0 Å². The summed E-state index contributed by atoms with van der Waals surface area (Å²) >= 11 is 0. The number of nitrogens with zero attached hydrogens (tertiary/aromatic N) is 1. The molecule has 1 aliphatic heterocycles.